The van der Waals surface area contributed by atoms with E-state index in [2.05, 4.69) is 11.0 Å². The van der Waals surface area contributed by atoms with E-state index < -0.39 is 5.54 Å². The van der Waals surface area contributed by atoms with Crippen LogP contribution in [0.1, 0.15) is 58.3 Å². The molecule has 0 aromatic heterocycles. The van der Waals surface area contributed by atoms with E-state index in [0.29, 0.717) is 0 Å². The lowest BCUT2D eigenvalue weighted by Crippen LogP contribution is -2.42. The fourth-order valence-corrected chi connectivity index (χ4v) is 3.76. The number of unbranched alkanes of at least 4 members (excludes halogenated alkanes) is 1. The summed E-state index contributed by atoms with van der Waals surface area (Å²) in [6.07, 6.45) is 10.3. The second kappa shape index (κ2) is 6.72. The van der Waals surface area contributed by atoms with Gasteiger partial charge in [-0.25, -0.2) is 0 Å². The van der Waals surface area contributed by atoms with E-state index in [1.165, 1.54) is 58.2 Å². The summed E-state index contributed by atoms with van der Waals surface area (Å²) in [6.45, 7) is 5.65. The van der Waals surface area contributed by atoms with Gasteiger partial charge in [0, 0.05) is 6.54 Å². The summed E-state index contributed by atoms with van der Waals surface area (Å²) in [6, 6.07) is 2.18. The topological polar surface area (TPSA) is 53.1 Å². The molecule has 1 aliphatic heterocycles. The van der Waals surface area contributed by atoms with Gasteiger partial charge in [0.2, 0.25) is 0 Å². The smallest absolute Gasteiger partial charge is 0.101 e. The van der Waals surface area contributed by atoms with Gasteiger partial charge in [-0.3, -0.25) is 0 Å². The molecule has 3 nitrogen and oxygen atoms in total. The summed E-state index contributed by atoms with van der Waals surface area (Å²) in [5.74, 6) is 2.00. The Kier molecular flexibility index (Phi) is 5.24. The first-order valence-electron chi connectivity index (χ1n) is 8.03. The lowest BCUT2D eigenvalue weighted by Gasteiger charge is -2.41. The number of hydrogen-bond donors (Lipinski definition) is 1. The Labute approximate surface area is 118 Å². The van der Waals surface area contributed by atoms with Crippen LogP contribution >= 0.6 is 0 Å². The molecule has 19 heavy (non-hydrogen) atoms. The van der Waals surface area contributed by atoms with Crippen LogP contribution in [0.5, 0.6) is 0 Å². The molecule has 2 rings (SSSR count). The highest BCUT2D eigenvalue weighted by Gasteiger charge is 2.30. The van der Waals surface area contributed by atoms with Crippen LogP contribution in [0.15, 0.2) is 0 Å². The Bertz CT molecular complexity index is 318. The van der Waals surface area contributed by atoms with E-state index >= 15 is 0 Å². The molecule has 2 N–H and O–H groups in total. The van der Waals surface area contributed by atoms with Gasteiger partial charge in [-0.15, -0.1) is 0 Å². The summed E-state index contributed by atoms with van der Waals surface area (Å²) < 4.78 is 0. The minimum Gasteiger partial charge on any atom is -0.314 e. The fourth-order valence-electron chi connectivity index (χ4n) is 3.76. The zero-order valence-corrected chi connectivity index (χ0v) is 12.4. The lowest BCUT2D eigenvalue weighted by molar-refractivity contribution is 0.0855. The Morgan fingerprint density at radius 1 is 1.21 bits per heavy atom. The van der Waals surface area contributed by atoms with Crippen LogP contribution in [0, 0.1) is 23.2 Å². The van der Waals surface area contributed by atoms with Gasteiger partial charge in [0.15, 0.2) is 0 Å². The van der Waals surface area contributed by atoms with E-state index in [-0.39, 0.29) is 0 Å². The predicted octanol–water partition coefficient (Wildman–Crippen LogP) is 2.91. The molecular weight excluding hydrogens is 234 g/mol. The van der Waals surface area contributed by atoms with E-state index in [9.17, 15) is 0 Å². The molecule has 1 heterocycles. The first-order chi connectivity index (χ1) is 9.11. The molecule has 2 fully saturated rings. The number of piperidine rings is 1. The quantitative estimate of drug-likeness (QED) is 0.776. The van der Waals surface area contributed by atoms with E-state index in [4.69, 9.17) is 11.0 Å². The molecule has 1 saturated heterocycles. The van der Waals surface area contributed by atoms with Crippen LogP contribution in [-0.4, -0.2) is 30.1 Å². The lowest BCUT2D eigenvalue weighted by atomic mass is 9.75. The fraction of sp³-hybridized carbons (Fsp3) is 0.938. The molecular formula is C16H29N3. The van der Waals surface area contributed by atoms with Crippen LogP contribution in [0.25, 0.3) is 0 Å². The number of nitrogens with two attached hydrogens (primary N) is 1. The summed E-state index contributed by atoms with van der Waals surface area (Å²) in [5, 5.41) is 8.89. The van der Waals surface area contributed by atoms with Crippen molar-refractivity contribution in [2.75, 3.05) is 19.6 Å². The number of nitrogens with zero attached hydrogens (tertiary/aromatic N) is 2. The van der Waals surface area contributed by atoms with Crippen molar-refractivity contribution in [1.82, 2.24) is 4.90 Å². The van der Waals surface area contributed by atoms with E-state index in [1.54, 1.807) is 0 Å². The Morgan fingerprint density at radius 2 is 1.95 bits per heavy atom. The largest absolute Gasteiger partial charge is 0.314 e. The highest BCUT2D eigenvalue weighted by Crippen LogP contribution is 2.36. The van der Waals surface area contributed by atoms with Gasteiger partial charge in [-0.2, -0.15) is 5.26 Å². The third kappa shape index (κ3) is 4.47. The minimum absolute atomic E-state index is 0.629. The second-order valence-electron chi connectivity index (χ2n) is 6.88. The van der Waals surface area contributed by atoms with Gasteiger partial charge in [0.05, 0.1) is 6.07 Å². The molecule has 3 atom stereocenters. The molecule has 108 valence electrons. The standard InChI is InChI=1S/C16H29N3/c1-16(18,13-17)9-4-5-10-19-11-8-14-6-2-3-7-15(14)12-19/h14-15H,2-12,18H2,1H3. The molecule has 0 aromatic rings. The molecule has 1 saturated carbocycles. The molecule has 0 aromatic carbocycles. The SMILES string of the molecule is CC(N)(C#N)CCCCN1CCC2CCCCC2C1. The third-order valence-electron chi connectivity index (χ3n) is 5.05. The van der Waals surface area contributed by atoms with E-state index in [1.807, 2.05) is 6.92 Å². The third-order valence-corrected chi connectivity index (χ3v) is 5.05. The molecule has 0 radical (unpaired) electrons. The number of hydrogen-bond acceptors (Lipinski definition) is 3. The molecule has 0 spiro atoms. The average Bonchev–Trinajstić information content (AvgIpc) is 2.43. The minimum atomic E-state index is -0.629. The molecule has 1 aliphatic carbocycles. The molecule has 0 bridgehead atoms. The molecule has 3 heteroatoms. The molecule has 0 amide bonds. The Balaban J connectivity index is 1.63. The zero-order chi connectivity index (χ0) is 13.7. The van der Waals surface area contributed by atoms with Crippen molar-refractivity contribution in [3.05, 3.63) is 0 Å². The van der Waals surface area contributed by atoms with Gasteiger partial charge in [-0.1, -0.05) is 19.3 Å². The van der Waals surface area contributed by atoms with Crippen molar-refractivity contribution >= 4 is 0 Å². The van der Waals surface area contributed by atoms with Crippen molar-refractivity contribution < 1.29 is 0 Å². The van der Waals surface area contributed by atoms with Crippen molar-refractivity contribution in [3.8, 4) is 6.07 Å². The predicted molar refractivity (Wildman–Crippen MR) is 78.6 cm³/mol. The van der Waals surface area contributed by atoms with Crippen LogP contribution in [0.3, 0.4) is 0 Å². The van der Waals surface area contributed by atoms with Crippen molar-refractivity contribution in [2.45, 2.75) is 63.8 Å². The summed E-state index contributed by atoms with van der Waals surface area (Å²) >= 11 is 0. The van der Waals surface area contributed by atoms with Crippen LogP contribution in [0.2, 0.25) is 0 Å². The Hall–Kier alpha value is -0.590. The molecule has 3 unspecified atom stereocenters. The van der Waals surface area contributed by atoms with Crippen molar-refractivity contribution in [1.29, 1.82) is 5.26 Å². The molecule has 2 aliphatic rings. The Morgan fingerprint density at radius 3 is 2.68 bits per heavy atom. The first kappa shape index (κ1) is 14.8. The van der Waals surface area contributed by atoms with Crippen LogP contribution in [0.4, 0.5) is 0 Å². The van der Waals surface area contributed by atoms with Crippen molar-refractivity contribution in [2.24, 2.45) is 17.6 Å². The van der Waals surface area contributed by atoms with Gasteiger partial charge in [0.1, 0.15) is 5.54 Å². The maximum Gasteiger partial charge on any atom is 0.101 e. The highest BCUT2D eigenvalue weighted by molar-refractivity contribution is 5.00. The summed E-state index contributed by atoms with van der Waals surface area (Å²) in [5.41, 5.74) is 5.22. The summed E-state index contributed by atoms with van der Waals surface area (Å²) in [7, 11) is 0. The maximum absolute atomic E-state index is 8.89. The summed E-state index contributed by atoms with van der Waals surface area (Å²) in [4.78, 5) is 2.65. The van der Waals surface area contributed by atoms with Gasteiger partial charge in [0.25, 0.3) is 0 Å². The normalized spacial score (nSPS) is 31.2. The monoisotopic (exact) mass is 263 g/mol. The average molecular weight is 263 g/mol. The maximum atomic E-state index is 8.89. The van der Waals surface area contributed by atoms with Crippen molar-refractivity contribution in [3.63, 3.8) is 0 Å². The number of rotatable bonds is 5. The van der Waals surface area contributed by atoms with Gasteiger partial charge >= 0.3 is 0 Å². The van der Waals surface area contributed by atoms with Crippen LogP contribution in [-0.2, 0) is 0 Å². The first-order valence-corrected chi connectivity index (χ1v) is 8.03. The van der Waals surface area contributed by atoms with Crippen LogP contribution < -0.4 is 5.73 Å². The van der Waals surface area contributed by atoms with E-state index in [0.717, 1.165) is 24.7 Å². The zero-order valence-electron chi connectivity index (χ0n) is 12.4. The number of nitriles is 1. The highest BCUT2D eigenvalue weighted by atomic mass is 15.1. The van der Waals surface area contributed by atoms with Gasteiger partial charge in [-0.05, 0) is 64.0 Å². The second-order valence-corrected chi connectivity index (χ2v) is 6.88. The van der Waals surface area contributed by atoms with Gasteiger partial charge < -0.3 is 10.6 Å². The number of likely N-dealkylation sites (tertiary alicyclic amines) is 1. The number of fused-ring (bicyclic) bond motifs is 1.